The molecule has 0 spiro atoms. The van der Waals surface area contributed by atoms with Gasteiger partial charge in [-0.15, -0.1) is 5.10 Å². The van der Waals surface area contributed by atoms with Gasteiger partial charge in [-0.2, -0.15) is 5.01 Å². The molecule has 3 aromatic rings. The molecule has 0 fully saturated rings. The van der Waals surface area contributed by atoms with Crippen molar-refractivity contribution in [3.63, 3.8) is 0 Å². The minimum atomic E-state index is -0.548. The molecule has 0 bridgehead atoms. The summed E-state index contributed by atoms with van der Waals surface area (Å²) in [7, 11) is 0. The number of rotatable bonds is 2. The third-order valence-electron chi connectivity index (χ3n) is 4.13. The van der Waals surface area contributed by atoms with E-state index >= 15 is 0 Å². The molecule has 124 valence electrons. The Hall–Kier alpha value is -2.41. The van der Waals surface area contributed by atoms with Gasteiger partial charge in [0.15, 0.2) is 0 Å². The Bertz CT molecular complexity index is 1000. The van der Waals surface area contributed by atoms with Crippen LogP contribution in [0.15, 0.2) is 71.8 Å². The molecule has 3 aromatic carbocycles. The normalized spacial score (nSPS) is 16.6. The van der Waals surface area contributed by atoms with E-state index in [9.17, 15) is 4.79 Å². The number of carbonyl (C=O) groups excluding carboxylic acids is 1. The van der Waals surface area contributed by atoms with Crippen LogP contribution in [-0.2, 0) is 9.53 Å². The van der Waals surface area contributed by atoms with Gasteiger partial charge in [-0.25, -0.2) is 0 Å². The zero-order valence-corrected chi connectivity index (χ0v) is 15.7. The molecule has 1 atom stereocenters. The van der Waals surface area contributed by atoms with Gasteiger partial charge in [0.2, 0.25) is 18.0 Å². The van der Waals surface area contributed by atoms with E-state index in [4.69, 9.17) is 4.74 Å². The molecule has 1 aliphatic rings. The fourth-order valence-corrected chi connectivity index (χ4v) is 3.51. The third kappa shape index (κ3) is 3.00. The Morgan fingerprint density at radius 2 is 1.76 bits per heavy atom. The summed E-state index contributed by atoms with van der Waals surface area (Å²) < 4.78 is 7.12. The van der Waals surface area contributed by atoms with Crippen LogP contribution < -0.4 is 0 Å². The summed E-state index contributed by atoms with van der Waals surface area (Å²) in [6.45, 7) is 1.50. The molecule has 0 radical (unpaired) electrons. The van der Waals surface area contributed by atoms with Crippen molar-refractivity contribution in [1.82, 2.24) is 5.01 Å². The van der Waals surface area contributed by atoms with E-state index in [1.54, 1.807) is 0 Å². The van der Waals surface area contributed by atoms with Crippen LogP contribution >= 0.6 is 22.6 Å². The first-order valence-electron chi connectivity index (χ1n) is 7.92. The predicted octanol–water partition coefficient (Wildman–Crippen LogP) is 4.68. The monoisotopic (exact) mass is 442 g/mol. The summed E-state index contributed by atoms with van der Waals surface area (Å²) >= 11 is 2.24. The highest BCUT2D eigenvalue weighted by Gasteiger charge is 2.33. The zero-order valence-electron chi connectivity index (χ0n) is 13.5. The maximum absolute atomic E-state index is 12.1. The molecule has 25 heavy (non-hydrogen) atoms. The first-order chi connectivity index (χ1) is 12.1. The van der Waals surface area contributed by atoms with Crippen LogP contribution in [0.25, 0.3) is 10.8 Å². The first-order valence-corrected chi connectivity index (χ1v) is 9.00. The molecule has 0 aromatic heterocycles. The van der Waals surface area contributed by atoms with E-state index in [-0.39, 0.29) is 5.91 Å². The predicted molar refractivity (Wildman–Crippen MR) is 106 cm³/mol. The molecule has 4 rings (SSSR count). The van der Waals surface area contributed by atoms with Crippen LogP contribution in [0.1, 0.15) is 24.3 Å². The van der Waals surface area contributed by atoms with Gasteiger partial charge in [0, 0.05) is 16.1 Å². The van der Waals surface area contributed by atoms with Gasteiger partial charge in [0.05, 0.1) is 5.56 Å². The fraction of sp³-hybridized carbons (Fsp3) is 0.100. The van der Waals surface area contributed by atoms with Crippen molar-refractivity contribution >= 4 is 45.2 Å². The number of hydrogen-bond acceptors (Lipinski definition) is 3. The van der Waals surface area contributed by atoms with Gasteiger partial charge in [-0.3, -0.25) is 4.79 Å². The Morgan fingerprint density at radius 1 is 1.04 bits per heavy atom. The Balaban J connectivity index is 1.74. The average molecular weight is 442 g/mol. The largest absolute Gasteiger partial charge is 0.446 e. The molecule has 0 saturated heterocycles. The molecule has 1 heterocycles. The molecule has 1 amide bonds. The van der Waals surface area contributed by atoms with Crippen LogP contribution in [-0.4, -0.2) is 16.8 Å². The van der Waals surface area contributed by atoms with E-state index in [0.29, 0.717) is 5.90 Å². The van der Waals surface area contributed by atoms with Crippen LogP contribution in [0.5, 0.6) is 0 Å². The second-order valence-electron chi connectivity index (χ2n) is 5.83. The molecular weight excluding hydrogens is 427 g/mol. The minimum Gasteiger partial charge on any atom is -0.446 e. The lowest BCUT2D eigenvalue weighted by Gasteiger charge is -2.19. The molecular formula is C20H15IN2O2. The number of hydrogen-bond donors (Lipinski definition) is 0. The molecule has 0 unspecified atom stereocenters. The van der Waals surface area contributed by atoms with Crippen molar-refractivity contribution in [1.29, 1.82) is 0 Å². The van der Waals surface area contributed by atoms with Gasteiger partial charge in [-0.1, -0.05) is 48.5 Å². The molecule has 0 saturated carbocycles. The topological polar surface area (TPSA) is 41.9 Å². The van der Waals surface area contributed by atoms with E-state index in [2.05, 4.69) is 33.8 Å². The lowest BCUT2D eigenvalue weighted by atomic mass is 10.1. The second-order valence-corrected chi connectivity index (χ2v) is 6.99. The maximum atomic E-state index is 12.1. The standard InChI is InChI=1S/C20H15IN2O2/c1-13(24)23-20(16-11-10-14-6-2-3-7-15(14)12-16)25-19(22-23)17-8-4-5-9-18(17)21/h2-12,20H,1H3/t20-/m0/s1. The number of nitrogens with zero attached hydrogens (tertiary/aromatic N) is 2. The molecule has 0 N–H and O–H groups in total. The number of halogens is 1. The van der Waals surface area contributed by atoms with Gasteiger partial charge < -0.3 is 4.74 Å². The van der Waals surface area contributed by atoms with Crippen LogP contribution in [0.3, 0.4) is 0 Å². The lowest BCUT2D eigenvalue weighted by Crippen LogP contribution is -2.25. The summed E-state index contributed by atoms with van der Waals surface area (Å²) in [4.78, 5) is 12.1. The van der Waals surface area contributed by atoms with Crippen molar-refractivity contribution in [3.8, 4) is 0 Å². The lowest BCUT2D eigenvalue weighted by molar-refractivity contribution is -0.135. The summed E-state index contributed by atoms with van der Waals surface area (Å²) in [5, 5.41) is 8.09. The van der Waals surface area contributed by atoms with Gasteiger partial charge in [-0.05, 0) is 51.6 Å². The fourth-order valence-electron chi connectivity index (χ4n) is 2.89. The SMILES string of the molecule is CC(=O)N1N=C(c2ccccc2I)O[C@H]1c1ccc2ccccc2c1. The number of fused-ring (bicyclic) bond motifs is 1. The van der Waals surface area contributed by atoms with Crippen molar-refractivity contribution in [2.24, 2.45) is 5.10 Å². The van der Waals surface area contributed by atoms with Crippen molar-refractivity contribution < 1.29 is 9.53 Å². The number of carbonyl (C=O) groups is 1. The minimum absolute atomic E-state index is 0.154. The summed E-state index contributed by atoms with van der Waals surface area (Å²) in [5.74, 6) is 0.317. The summed E-state index contributed by atoms with van der Waals surface area (Å²) in [6, 6.07) is 22.0. The Kier molecular flexibility index (Phi) is 4.17. The average Bonchev–Trinajstić information content (AvgIpc) is 3.07. The van der Waals surface area contributed by atoms with Crippen molar-refractivity contribution in [2.45, 2.75) is 13.2 Å². The number of amides is 1. The second kappa shape index (κ2) is 6.48. The molecule has 4 nitrogen and oxygen atoms in total. The molecule has 5 heteroatoms. The van der Waals surface area contributed by atoms with Gasteiger partial charge >= 0.3 is 0 Å². The number of hydrazone groups is 1. The van der Waals surface area contributed by atoms with E-state index < -0.39 is 6.23 Å². The van der Waals surface area contributed by atoms with Crippen LogP contribution in [0.4, 0.5) is 0 Å². The maximum Gasteiger partial charge on any atom is 0.243 e. The van der Waals surface area contributed by atoms with Crippen molar-refractivity contribution in [2.75, 3.05) is 0 Å². The highest BCUT2D eigenvalue weighted by atomic mass is 127. The van der Waals surface area contributed by atoms with E-state index in [0.717, 1.165) is 25.5 Å². The van der Waals surface area contributed by atoms with Crippen LogP contribution in [0, 0.1) is 3.57 Å². The van der Waals surface area contributed by atoms with Crippen LogP contribution in [0.2, 0.25) is 0 Å². The Morgan fingerprint density at radius 3 is 2.52 bits per heavy atom. The molecule has 1 aliphatic heterocycles. The number of benzene rings is 3. The summed E-state index contributed by atoms with van der Waals surface area (Å²) in [5.41, 5.74) is 1.79. The van der Waals surface area contributed by atoms with Gasteiger partial charge in [0.25, 0.3) is 0 Å². The van der Waals surface area contributed by atoms with Crippen molar-refractivity contribution in [3.05, 3.63) is 81.4 Å². The van der Waals surface area contributed by atoms with Gasteiger partial charge in [0.1, 0.15) is 0 Å². The van der Waals surface area contributed by atoms with E-state index in [1.807, 2.05) is 60.7 Å². The van der Waals surface area contributed by atoms with E-state index in [1.165, 1.54) is 11.9 Å². The smallest absolute Gasteiger partial charge is 0.243 e. The quantitative estimate of drug-likeness (QED) is 0.541. The molecule has 0 aliphatic carbocycles. The summed E-state index contributed by atoms with van der Waals surface area (Å²) in [6.07, 6.45) is -0.548. The number of ether oxygens (including phenoxy) is 1. The first kappa shape index (κ1) is 16.1. The Labute approximate surface area is 159 Å². The zero-order chi connectivity index (χ0) is 17.4. The highest BCUT2D eigenvalue weighted by Crippen LogP contribution is 2.32. The third-order valence-corrected chi connectivity index (χ3v) is 5.07. The highest BCUT2D eigenvalue weighted by molar-refractivity contribution is 14.1.